The Morgan fingerprint density at radius 3 is 2.75 bits per heavy atom. The third kappa shape index (κ3) is 4.81. The van der Waals surface area contributed by atoms with Crippen LogP contribution < -0.4 is 5.32 Å². The van der Waals surface area contributed by atoms with Crippen LogP contribution in [0.25, 0.3) is 0 Å². The molecule has 1 aromatic rings. The summed E-state index contributed by atoms with van der Waals surface area (Å²) in [5.74, 6) is 0.695. The van der Waals surface area contributed by atoms with E-state index in [1.807, 2.05) is 11.3 Å². The van der Waals surface area contributed by atoms with Crippen molar-refractivity contribution in [2.24, 2.45) is 5.92 Å². The zero-order valence-electron chi connectivity index (χ0n) is 12.9. The second kappa shape index (κ2) is 8.08. The molecule has 1 saturated heterocycles. The lowest BCUT2D eigenvalue weighted by Gasteiger charge is -2.25. The fourth-order valence-electron chi connectivity index (χ4n) is 2.34. The highest BCUT2D eigenvalue weighted by atomic mass is 32.1. The molecule has 2 rings (SSSR count). The summed E-state index contributed by atoms with van der Waals surface area (Å²) in [6.45, 7) is 13.5. The van der Waals surface area contributed by atoms with Crippen molar-refractivity contribution >= 4 is 11.3 Å². The number of ether oxygens (including phenoxy) is 1. The van der Waals surface area contributed by atoms with Crippen molar-refractivity contribution in [3.8, 4) is 0 Å². The molecule has 5 heteroatoms. The minimum atomic E-state index is 0.695. The number of rotatable bonds is 7. The molecular formula is C15H27N3OS. The Kier molecular flexibility index (Phi) is 6.42. The molecule has 4 nitrogen and oxygen atoms in total. The van der Waals surface area contributed by atoms with Gasteiger partial charge < -0.3 is 10.1 Å². The molecule has 0 aliphatic carbocycles. The molecule has 114 valence electrons. The third-order valence-corrected chi connectivity index (χ3v) is 4.54. The number of hydrogen-bond donors (Lipinski definition) is 1. The van der Waals surface area contributed by atoms with Gasteiger partial charge in [0.25, 0.3) is 0 Å². The number of aromatic nitrogens is 1. The Morgan fingerprint density at radius 1 is 1.35 bits per heavy atom. The molecule has 2 heterocycles. The molecule has 0 atom stereocenters. The van der Waals surface area contributed by atoms with Crippen molar-refractivity contribution in [3.63, 3.8) is 0 Å². The van der Waals surface area contributed by atoms with E-state index in [4.69, 9.17) is 9.72 Å². The maximum atomic E-state index is 5.39. The van der Waals surface area contributed by atoms with Crippen LogP contribution in [-0.2, 0) is 24.2 Å². The standard InChI is InChI=1S/C15H27N3OS/c1-4-13-14(10-16-9-12(2)3)20-15(17-13)11-18-5-7-19-8-6-18/h12,16H,4-11H2,1-3H3. The van der Waals surface area contributed by atoms with Gasteiger partial charge in [-0.1, -0.05) is 20.8 Å². The van der Waals surface area contributed by atoms with Crippen LogP contribution in [0.5, 0.6) is 0 Å². The normalized spacial score (nSPS) is 17.0. The van der Waals surface area contributed by atoms with Crippen LogP contribution in [0.15, 0.2) is 0 Å². The zero-order chi connectivity index (χ0) is 14.4. The molecule has 0 radical (unpaired) electrons. The molecule has 0 bridgehead atoms. The zero-order valence-corrected chi connectivity index (χ0v) is 13.8. The molecule has 0 saturated carbocycles. The van der Waals surface area contributed by atoms with Gasteiger partial charge in [-0.15, -0.1) is 11.3 Å². The van der Waals surface area contributed by atoms with Crippen molar-refractivity contribution in [1.82, 2.24) is 15.2 Å². The second-order valence-electron chi connectivity index (χ2n) is 5.74. The van der Waals surface area contributed by atoms with Crippen molar-refractivity contribution in [2.45, 2.75) is 40.3 Å². The molecule has 1 fully saturated rings. The van der Waals surface area contributed by atoms with Crippen LogP contribution in [-0.4, -0.2) is 42.7 Å². The average Bonchev–Trinajstić information content (AvgIpc) is 2.81. The monoisotopic (exact) mass is 297 g/mol. The van der Waals surface area contributed by atoms with Gasteiger partial charge >= 0.3 is 0 Å². The van der Waals surface area contributed by atoms with Crippen molar-refractivity contribution < 1.29 is 4.74 Å². The van der Waals surface area contributed by atoms with E-state index in [-0.39, 0.29) is 0 Å². The topological polar surface area (TPSA) is 37.4 Å². The molecule has 0 amide bonds. The van der Waals surface area contributed by atoms with Crippen LogP contribution in [0.3, 0.4) is 0 Å². The smallest absolute Gasteiger partial charge is 0.107 e. The lowest BCUT2D eigenvalue weighted by atomic mass is 10.2. The fourth-order valence-corrected chi connectivity index (χ4v) is 3.51. The van der Waals surface area contributed by atoms with Crippen LogP contribution in [0.1, 0.15) is 36.3 Å². The van der Waals surface area contributed by atoms with Gasteiger partial charge in [0.1, 0.15) is 5.01 Å². The number of thiazole rings is 1. The Bertz CT molecular complexity index is 400. The van der Waals surface area contributed by atoms with E-state index < -0.39 is 0 Å². The lowest BCUT2D eigenvalue weighted by Crippen LogP contribution is -2.35. The molecule has 0 unspecified atom stereocenters. The third-order valence-electron chi connectivity index (χ3n) is 3.46. The Hall–Kier alpha value is -0.490. The Labute approximate surface area is 126 Å². The fraction of sp³-hybridized carbons (Fsp3) is 0.800. The first kappa shape index (κ1) is 15.9. The summed E-state index contributed by atoms with van der Waals surface area (Å²) < 4.78 is 5.39. The van der Waals surface area contributed by atoms with E-state index in [2.05, 4.69) is 31.0 Å². The maximum Gasteiger partial charge on any atom is 0.107 e. The summed E-state index contributed by atoms with van der Waals surface area (Å²) in [7, 11) is 0. The predicted molar refractivity (Wildman–Crippen MR) is 84.1 cm³/mol. The highest BCUT2D eigenvalue weighted by Crippen LogP contribution is 2.21. The molecule has 1 N–H and O–H groups in total. The van der Waals surface area contributed by atoms with Crippen molar-refractivity contribution in [3.05, 3.63) is 15.6 Å². The second-order valence-corrected chi connectivity index (χ2v) is 6.91. The lowest BCUT2D eigenvalue weighted by molar-refractivity contribution is 0.0341. The van der Waals surface area contributed by atoms with Crippen LogP contribution in [0.4, 0.5) is 0 Å². The van der Waals surface area contributed by atoms with E-state index >= 15 is 0 Å². The van der Waals surface area contributed by atoms with Crippen LogP contribution >= 0.6 is 11.3 Å². The molecule has 1 aromatic heterocycles. The van der Waals surface area contributed by atoms with Crippen LogP contribution in [0.2, 0.25) is 0 Å². The molecule has 0 spiro atoms. The van der Waals surface area contributed by atoms with Gasteiger partial charge in [0.2, 0.25) is 0 Å². The molecule has 1 aliphatic rings. The van der Waals surface area contributed by atoms with E-state index in [1.54, 1.807) is 0 Å². The Morgan fingerprint density at radius 2 is 2.10 bits per heavy atom. The summed E-state index contributed by atoms with van der Waals surface area (Å²) in [4.78, 5) is 8.67. The minimum Gasteiger partial charge on any atom is -0.379 e. The summed E-state index contributed by atoms with van der Waals surface area (Å²) in [6, 6.07) is 0. The van der Waals surface area contributed by atoms with Crippen molar-refractivity contribution in [2.75, 3.05) is 32.8 Å². The minimum absolute atomic E-state index is 0.695. The van der Waals surface area contributed by atoms with Gasteiger partial charge in [-0.25, -0.2) is 4.98 Å². The predicted octanol–water partition coefficient (Wildman–Crippen LogP) is 2.28. The molecular weight excluding hydrogens is 270 g/mol. The number of hydrogen-bond acceptors (Lipinski definition) is 5. The summed E-state index contributed by atoms with van der Waals surface area (Å²) in [6.07, 6.45) is 1.03. The highest BCUT2D eigenvalue weighted by molar-refractivity contribution is 7.11. The van der Waals surface area contributed by atoms with E-state index in [9.17, 15) is 0 Å². The van der Waals surface area contributed by atoms with E-state index in [1.165, 1.54) is 15.6 Å². The van der Waals surface area contributed by atoms with E-state index in [0.29, 0.717) is 5.92 Å². The quantitative estimate of drug-likeness (QED) is 0.838. The van der Waals surface area contributed by atoms with Gasteiger partial charge in [-0.3, -0.25) is 4.90 Å². The molecule has 0 aromatic carbocycles. The average molecular weight is 297 g/mol. The summed E-state index contributed by atoms with van der Waals surface area (Å²) in [5, 5.41) is 4.78. The Balaban J connectivity index is 1.91. The number of aryl methyl sites for hydroxylation is 1. The van der Waals surface area contributed by atoms with Crippen LogP contribution in [0, 0.1) is 5.92 Å². The number of nitrogens with one attached hydrogen (secondary N) is 1. The SMILES string of the molecule is CCc1nc(CN2CCOCC2)sc1CNCC(C)C. The summed E-state index contributed by atoms with van der Waals surface area (Å²) in [5.41, 5.74) is 1.27. The highest BCUT2D eigenvalue weighted by Gasteiger charge is 2.15. The number of morpholine rings is 1. The molecule has 1 aliphatic heterocycles. The first-order valence-electron chi connectivity index (χ1n) is 7.67. The van der Waals surface area contributed by atoms with E-state index in [0.717, 1.165) is 52.4 Å². The number of nitrogens with zero attached hydrogens (tertiary/aromatic N) is 2. The maximum absolute atomic E-state index is 5.39. The van der Waals surface area contributed by atoms with Gasteiger partial charge in [-0.05, 0) is 18.9 Å². The first-order valence-corrected chi connectivity index (χ1v) is 8.49. The van der Waals surface area contributed by atoms with Gasteiger partial charge in [0.15, 0.2) is 0 Å². The first-order chi connectivity index (χ1) is 9.69. The van der Waals surface area contributed by atoms with Gasteiger partial charge in [0.05, 0.1) is 25.5 Å². The van der Waals surface area contributed by atoms with Crippen molar-refractivity contribution in [1.29, 1.82) is 0 Å². The summed E-state index contributed by atoms with van der Waals surface area (Å²) >= 11 is 1.87. The van der Waals surface area contributed by atoms with Gasteiger partial charge in [0, 0.05) is 24.5 Å². The largest absolute Gasteiger partial charge is 0.379 e. The molecule has 20 heavy (non-hydrogen) atoms. The van der Waals surface area contributed by atoms with Gasteiger partial charge in [-0.2, -0.15) is 0 Å².